The molecule has 0 spiro atoms. The van der Waals surface area contributed by atoms with Gasteiger partial charge in [0.05, 0.1) is 29.4 Å². The number of benzene rings is 2. The Kier molecular flexibility index (Phi) is 6.57. The van der Waals surface area contributed by atoms with Crippen LogP contribution in [0.3, 0.4) is 0 Å². The van der Waals surface area contributed by atoms with Crippen molar-refractivity contribution >= 4 is 22.5 Å². The maximum absolute atomic E-state index is 10.8. The molecule has 12 heteroatoms. The number of hydrogen-bond acceptors (Lipinski definition) is 9. The van der Waals surface area contributed by atoms with Crippen LogP contribution in [0.5, 0.6) is 11.9 Å². The molecule has 0 aliphatic heterocycles. The third-order valence-corrected chi connectivity index (χ3v) is 5.05. The predicted octanol–water partition coefficient (Wildman–Crippen LogP) is 3.42. The first-order chi connectivity index (χ1) is 16.4. The van der Waals surface area contributed by atoms with Crippen LogP contribution < -0.4 is 9.47 Å². The third-order valence-electron chi connectivity index (χ3n) is 5.05. The Morgan fingerprint density at radius 2 is 1.35 bits per heavy atom. The molecular weight excluding hydrogens is 444 g/mol. The first-order valence-corrected chi connectivity index (χ1v) is 10.3. The largest absolute Gasteiger partial charge is 0.476 e. The van der Waals surface area contributed by atoms with Gasteiger partial charge in [-0.2, -0.15) is 9.97 Å². The highest BCUT2D eigenvalue weighted by molar-refractivity contribution is 5.76. The van der Waals surface area contributed by atoms with Crippen molar-refractivity contribution in [3.8, 4) is 11.9 Å². The molecule has 0 bridgehead atoms. The Hall–Kier alpha value is -4.61. The van der Waals surface area contributed by atoms with Crippen molar-refractivity contribution in [2.45, 2.75) is 12.8 Å². The fourth-order valence-electron chi connectivity index (χ4n) is 3.22. The fourth-order valence-corrected chi connectivity index (χ4v) is 3.22. The molecule has 0 saturated heterocycles. The SMILES string of the molecule is Cn1cnc2c(OCCc3ccc([N+](=O)[O-])cc3)nc(OCCc3ccc([N+](=O)[O-])cc3)nc21. The van der Waals surface area contributed by atoms with Gasteiger partial charge in [-0.1, -0.05) is 24.3 Å². The third kappa shape index (κ3) is 5.23. The second-order valence-electron chi connectivity index (χ2n) is 7.38. The number of nitro groups is 2. The molecule has 12 nitrogen and oxygen atoms in total. The first-order valence-electron chi connectivity index (χ1n) is 10.3. The van der Waals surface area contributed by atoms with E-state index < -0.39 is 9.85 Å². The Bertz CT molecular complexity index is 1320. The van der Waals surface area contributed by atoms with E-state index in [9.17, 15) is 20.2 Å². The summed E-state index contributed by atoms with van der Waals surface area (Å²) in [5, 5.41) is 21.6. The number of ether oxygens (including phenoxy) is 2. The van der Waals surface area contributed by atoms with Crippen LogP contribution in [0.4, 0.5) is 11.4 Å². The number of rotatable bonds is 10. The van der Waals surface area contributed by atoms with Crippen molar-refractivity contribution < 1.29 is 19.3 Å². The van der Waals surface area contributed by atoms with E-state index in [-0.39, 0.29) is 36.5 Å². The number of non-ortho nitro benzene ring substituents is 2. The highest BCUT2D eigenvalue weighted by atomic mass is 16.6. The van der Waals surface area contributed by atoms with E-state index in [1.807, 2.05) is 0 Å². The van der Waals surface area contributed by atoms with Crippen molar-refractivity contribution in [2.24, 2.45) is 7.05 Å². The van der Waals surface area contributed by atoms with E-state index in [1.54, 1.807) is 42.2 Å². The Morgan fingerprint density at radius 1 is 0.824 bits per heavy atom. The van der Waals surface area contributed by atoms with Gasteiger partial charge in [0.1, 0.15) is 0 Å². The Balaban J connectivity index is 1.40. The minimum atomic E-state index is -0.444. The summed E-state index contributed by atoms with van der Waals surface area (Å²) >= 11 is 0. The van der Waals surface area contributed by atoms with Gasteiger partial charge in [0.2, 0.25) is 5.88 Å². The highest BCUT2D eigenvalue weighted by Crippen LogP contribution is 2.24. The molecule has 0 unspecified atom stereocenters. The molecule has 2 aromatic heterocycles. The van der Waals surface area contributed by atoms with Crippen LogP contribution in [-0.2, 0) is 19.9 Å². The van der Waals surface area contributed by atoms with Crippen LogP contribution in [0.15, 0.2) is 54.9 Å². The first kappa shape index (κ1) is 22.6. The summed E-state index contributed by atoms with van der Waals surface area (Å²) in [4.78, 5) is 33.7. The Labute approximate surface area is 193 Å². The average molecular weight is 464 g/mol. The van der Waals surface area contributed by atoms with E-state index in [1.165, 1.54) is 24.3 Å². The normalized spacial score (nSPS) is 10.9. The minimum Gasteiger partial charge on any atom is -0.476 e. The van der Waals surface area contributed by atoms with E-state index in [0.29, 0.717) is 24.0 Å². The highest BCUT2D eigenvalue weighted by Gasteiger charge is 2.15. The zero-order valence-corrected chi connectivity index (χ0v) is 18.2. The standard InChI is InChI=1S/C22H20N6O6/c1-26-14-23-19-20(26)24-22(34-13-11-16-4-8-18(9-5-16)28(31)32)25-21(19)33-12-10-15-2-6-17(7-3-15)27(29)30/h2-9,14H,10-13H2,1H3. The van der Waals surface area contributed by atoms with Crippen molar-refractivity contribution in [3.63, 3.8) is 0 Å². The lowest BCUT2D eigenvalue weighted by Crippen LogP contribution is -2.08. The molecule has 0 N–H and O–H groups in total. The zero-order chi connectivity index (χ0) is 24.1. The number of nitrogens with zero attached hydrogens (tertiary/aromatic N) is 6. The monoisotopic (exact) mass is 464 g/mol. The summed E-state index contributed by atoms with van der Waals surface area (Å²) in [6.45, 7) is 0.548. The molecule has 34 heavy (non-hydrogen) atoms. The number of aryl methyl sites for hydroxylation is 1. The summed E-state index contributed by atoms with van der Waals surface area (Å²) in [7, 11) is 1.80. The van der Waals surface area contributed by atoms with Crippen molar-refractivity contribution in [1.82, 2.24) is 19.5 Å². The van der Waals surface area contributed by atoms with Crippen molar-refractivity contribution in [3.05, 3.63) is 86.2 Å². The number of aromatic nitrogens is 4. The van der Waals surface area contributed by atoms with Gasteiger partial charge in [-0.25, -0.2) is 4.98 Å². The van der Waals surface area contributed by atoms with Gasteiger partial charge in [0.15, 0.2) is 11.2 Å². The van der Waals surface area contributed by atoms with Crippen LogP contribution in [0.1, 0.15) is 11.1 Å². The van der Waals surface area contributed by atoms with Crippen LogP contribution in [0.25, 0.3) is 11.2 Å². The lowest BCUT2D eigenvalue weighted by molar-refractivity contribution is -0.385. The zero-order valence-electron chi connectivity index (χ0n) is 18.2. The average Bonchev–Trinajstić information content (AvgIpc) is 3.20. The molecule has 0 fully saturated rings. The van der Waals surface area contributed by atoms with E-state index in [2.05, 4.69) is 15.0 Å². The molecule has 2 aromatic carbocycles. The summed E-state index contributed by atoms with van der Waals surface area (Å²) in [6, 6.07) is 12.7. The second-order valence-corrected chi connectivity index (χ2v) is 7.38. The molecule has 0 atom stereocenters. The van der Waals surface area contributed by atoms with Gasteiger partial charge in [0.25, 0.3) is 11.4 Å². The predicted molar refractivity (Wildman–Crippen MR) is 121 cm³/mol. The molecule has 0 saturated carbocycles. The minimum absolute atomic E-state index is 0.0326. The van der Waals surface area contributed by atoms with Gasteiger partial charge >= 0.3 is 6.01 Å². The summed E-state index contributed by atoms with van der Waals surface area (Å²) in [6.07, 6.45) is 2.64. The number of fused-ring (bicyclic) bond motifs is 1. The quantitative estimate of drug-likeness (QED) is 0.254. The topological polar surface area (TPSA) is 148 Å². The number of imidazole rings is 1. The molecule has 4 aromatic rings. The molecule has 2 heterocycles. The molecule has 0 aliphatic rings. The van der Waals surface area contributed by atoms with Crippen LogP contribution in [0, 0.1) is 20.2 Å². The van der Waals surface area contributed by atoms with Gasteiger partial charge in [-0.05, 0) is 11.1 Å². The summed E-state index contributed by atoms with van der Waals surface area (Å²) in [5.41, 5.74) is 2.87. The molecule has 4 rings (SSSR count). The van der Waals surface area contributed by atoms with E-state index in [0.717, 1.165) is 11.1 Å². The van der Waals surface area contributed by atoms with Crippen molar-refractivity contribution in [1.29, 1.82) is 0 Å². The Morgan fingerprint density at radius 3 is 1.88 bits per heavy atom. The van der Waals surface area contributed by atoms with Gasteiger partial charge < -0.3 is 14.0 Å². The fraction of sp³-hybridized carbons (Fsp3) is 0.227. The lowest BCUT2D eigenvalue weighted by atomic mass is 10.1. The molecule has 0 radical (unpaired) electrons. The smallest absolute Gasteiger partial charge is 0.321 e. The van der Waals surface area contributed by atoms with E-state index >= 15 is 0 Å². The van der Waals surface area contributed by atoms with Gasteiger partial charge in [-0.15, -0.1) is 0 Å². The van der Waals surface area contributed by atoms with Crippen LogP contribution in [-0.4, -0.2) is 42.6 Å². The maximum Gasteiger partial charge on any atom is 0.321 e. The van der Waals surface area contributed by atoms with E-state index in [4.69, 9.17) is 9.47 Å². The summed E-state index contributed by atoms with van der Waals surface area (Å²) < 4.78 is 13.3. The molecular formula is C22H20N6O6. The van der Waals surface area contributed by atoms with Crippen LogP contribution >= 0.6 is 0 Å². The molecule has 0 amide bonds. The second kappa shape index (κ2) is 9.90. The summed E-state index contributed by atoms with van der Waals surface area (Å²) in [5.74, 6) is 0.276. The van der Waals surface area contributed by atoms with Crippen LogP contribution in [0.2, 0.25) is 0 Å². The number of hydrogen-bond donors (Lipinski definition) is 0. The maximum atomic E-state index is 10.8. The molecule has 174 valence electrons. The van der Waals surface area contributed by atoms with Gasteiger partial charge in [0, 0.05) is 44.2 Å². The lowest BCUT2D eigenvalue weighted by Gasteiger charge is -2.09. The molecule has 0 aliphatic carbocycles. The van der Waals surface area contributed by atoms with Crippen molar-refractivity contribution in [2.75, 3.05) is 13.2 Å². The van der Waals surface area contributed by atoms with Gasteiger partial charge in [-0.3, -0.25) is 20.2 Å². The number of nitro benzene ring substituents is 2.